The van der Waals surface area contributed by atoms with Gasteiger partial charge in [-0.05, 0) is 44.0 Å². The highest BCUT2D eigenvalue weighted by Crippen LogP contribution is 2.24. The first kappa shape index (κ1) is 16.2. The van der Waals surface area contributed by atoms with Crippen molar-refractivity contribution < 1.29 is 9.21 Å². The zero-order valence-corrected chi connectivity index (χ0v) is 14.8. The smallest absolute Gasteiger partial charge is 0.230 e. The van der Waals surface area contributed by atoms with E-state index in [1.54, 1.807) is 25.1 Å². The number of carbonyl (C=O) groups is 1. The Hall–Kier alpha value is -3.27. The van der Waals surface area contributed by atoms with Crippen LogP contribution in [0.15, 0.2) is 57.7 Å². The monoisotopic (exact) mass is 343 g/mol. The van der Waals surface area contributed by atoms with Crippen molar-refractivity contribution >= 4 is 27.9 Å². The second kappa shape index (κ2) is 5.92. The minimum Gasteiger partial charge on any atom is -0.437 e. The van der Waals surface area contributed by atoms with Crippen molar-refractivity contribution in [2.75, 3.05) is 0 Å². The standard InChI is InChI=1S/C22H17NO3/c1-12-9-13(2)19-18(10-12)26-22-17(21(19)25)11-16(14(3)23-22)20(24)15-7-5-4-6-8-15/h4-11H,1-3H3. The average molecular weight is 343 g/mol. The molecule has 4 heteroatoms. The van der Waals surface area contributed by atoms with Gasteiger partial charge in [-0.15, -0.1) is 0 Å². The van der Waals surface area contributed by atoms with Gasteiger partial charge in [0, 0.05) is 11.1 Å². The van der Waals surface area contributed by atoms with Crippen LogP contribution in [0.3, 0.4) is 0 Å². The summed E-state index contributed by atoms with van der Waals surface area (Å²) in [5.74, 6) is -0.155. The second-order valence-corrected chi connectivity index (χ2v) is 6.56. The Balaban J connectivity index is 2.02. The molecule has 0 aliphatic heterocycles. The molecule has 0 amide bonds. The topological polar surface area (TPSA) is 60.2 Å². The molecule has 0 aliphatic rings. The summed E-state index contributed by atoms with van der Waals surface area (Å²) in [5.41, 5.74) is 4.02. The van der Waals surface area contributed by atoms with Crippen molar-refractivity contribution in [3.63, 3.8) is 0 Å². The van der Waals surface area contributed by atoms with E-state index >= 15 is 0 Å². The molecule has 0 spiro atoms. The Labute approximate surface area is 150 Å². The third-order valence-corrected chi connectivity index (χ3v) is 4.58. The summed E-state index contributed by atoms with van der Waals surface area (Å²) < 4.78 is 5.89. The molecule has 2 aromatic carbocycles. The average Bonchev–Trinajstić information content (AvgIpc) is 2.61. The number of benzene rings is 2. The molecule has 2 aromatic heterocycles. The zero-order chi connectivity index (χ0) is 18.4. The van der Waals surface area contributed by atoms with Gasteiger partial charge in [0.15, 0.2) is 5.78 Å². The molecule has 0 saturated heterocycles. The molecule has 128 valence electrons. The molecule has 26 heavy (non-hydrogen) atoms. The van der Waals surface area contributed by atoms with Crippen LogP contribution in [0.1, 0.15) is 32.7 Å². The molecule has 4 nitrogen and oxygen atoms in total. The van der Waals surface area contributed by atoms with Crippen LogP contribution in [0.4, 0.5) is 0 Å². The summed E-state index contributed by atoms with van der Waals surface area (Å²) in [5, 5.41) is 0.862. The lowest BCUT2D eigenvalue weighted by Crippen LogP contribution is -2.10. The van der Waals surface area contributed by atoms with Crippen LogP contribution in [0.25, 0.3) is 22.1 Å². The maximum atomic E-state index is 13.0. The number of rotatable bonds is 2. The molecule has 0 radical (unpaired) electrons. The van der Waals surface area contributed by atoms with Gasteiger partial charge in [0.05, 0.1) is 16.5 Å². The normalized spacial score (nSPS) is 11.2. The van der Waals surface area contributed by atoms with Gasteiger partial charge < -0.3 is 4.42 Å². The predicted molar refractivity (Wildman–Crippen MR) is 102 cm³/mol. The first-order chi connectivity index (χ1) is 12.5. The molecule has 0 unspecified atom stereocenters. The van der Waals surface area contributed by atoms with Gasteiger partial charge in [0.1, 0.15) is 5.58 Å². The number of carbonyl (C=O) groups excluding carboxylic acids is 1. The number of ketones is 1. The Morgan fingerprint density at radius 2 is 1.73 bits per heavy atom. The van der Waals surface area contributed by atoms with Crippen molar-refractivity contribution in [2.45, 2.75) is 20.8 Å². The van der Waals surface area contributed by atoms with Crippen LogP contribution in [-0.2, 0) is 0 Å². The van der Waals surface area contributed by atoms with E-state index in [1.165, 1.54) is 0 Å². The first-order valence-corrected chi connectivity index (χ1v) is 8.41. The number of aryl methyl sites for hydroxylation is 3. The van der Waals surface area contributed by atoms with Crippen LogP contribution in [0.5, 0.6) is 0 Å². The van der Waals surface area contributed by atoms with Crippen LogP contribution in [0.2, 0.25) is 0 Å². The van der Waals surface area contributed by atoms with E-state index in [0.29, 0.717) is 33.2 Å². The Morgan fingerprint density at radius 1 is 1.00 bits per heavy atom. The van der Waals surface area contributed by atoms with Crippen molar-refractivity contribution in [3.05, 3.63) is 86.7 Å². The van der Waals surface area contributed by atoms with Crippen molar-refractivity contribution in [2.24, 2.45) is 0 Å². The predicted octanol–water partition coefficient (Wildman–Crippen LogP) is 4.50. The number of hydrogen-bond donors (Lipinski definition) is 0. The van der Waals surface area contributed by atoms with Gasteiger partial charge in [-0.3, -0.25) is 9.59 Å². The first-order valence-electron chi connectivity index (χ1n) is 8.41. The van der Waals surface area contributed by atoms with Gasteiger partial charge in [-0.25, -0.2) is 4.98 Å². The minimum atomic E-state index is -0.159. The van der Waals surface area contributed by atoms with Gasteiger partial charge in [0.2, 0.25) is 11.1 Å². The fourth-order valence-electron chi connectivity index (χ4n) is 3.34. The molecular weight excluding hydrogens is 326 g/mol. The molecular formula is C22H17NO3. The van der Waals surface area contributed by atoms with E-state index in [9.17, 15) is 9.59 Å². The van der Waals surface area contributed by atoms with E-state index in [0.717, 1.165) is 11.1 Å². The molecule has 4 aromatic rings. The Bertz CT molecular complexity index is 1240. The van der Waals surface area contributed by atoms with Crippen molar-refractivity contribution in [1.29, 1.82) is 0 Å². The summed E-state index contributed by atoms with van der Waals surface area (Å²) in [6.45, 7) is 5.59. The Morgan fingerprint density at radius 3 is 2.46 bits per heavy atom. The quantitative estimate of drug-likeness (QED) is 0.397. The van der Waals surface area contributed by atoms with Gasteiger partial charge in [0.25, 0.3) is 0 Å². The van der Waals surface area contributed by atoms with Crippen LogP contribution in [0, 0.1) is 20.8 Å². The fourth-order valence-corrected chi connectivity index (χ4v) is 3.34. The van der Waals surface area contributed by atoms with Crippen LogP contribution >= 0.6 is 0 Å². The summed E-state index contributed by atoms with van der Waals surface area (Å²) in [6, 6.07) is 14.4. The molecule has 0 atom stereocenters. The fraction of sp³-hybridized carbons (Fsp3) is 0.136. The van der Waals surface area contributed by atoms with E-state index < -0.39 is 0 Å². The number of fused-ring (bicyclic) bond motifs is 2. The maximum Gasteiger partial charge on any atom is 0.230 e. The third kappa shape index (κ3) is 2.51. The van der Waals surface area contributed by atoms with E-state index in [4.69, 9.17) is 4.42 Å². The number of nitrogens with zero attached hydrogens (tertiary/aromatic N) is 1. The van der Waals surface area contributed by atoms with Crippen LogP contribution < -0.4 is 5.43 Å². The summed E-state index contributed by atoms with van der Waals surface area (Å²) in [4.78, 5) is 30.3. The zero-order valence-electron chi connectivity index (χ0n) is 14.8. The van der Waals surface area contributed by atoms with Gasteiger partial charge >= 0.3 is 0 Å². The number of aromatic nitrogens is 1. The Kier molecular flexibility index (Phi) is 3.69. The van der Waals surface area contributed by atoms with E-state index in [2.05, 4.69) is 4.98 Å². The molecule has 0 N–H and O–H groups in total. The third-order valence-electron chi connectivity index (χ3n) is 4.58. The number of hydrogen-bond acceptors (Lipinski definition) is 4. The maximum absolute atomic E-state index is 13.0. The minimum absolute atomic E-state index is 0.155. The van der Waals surface area contributed by atoms with Crippen LogP contribution in [-0.4, -0.2) is 10.8 Å². The molecule has 4 rings (SSSR count). The highest BCUT2D eigenvalue weighted by molar-refractivity contribution is 6.11. The lowest BCUT2D eigenvalue weighted by Gasteiger charge is -2.08. The lowest BCUT2D eigenvalue weighted by molar-refractivity contribution is 0.103. The highest BCUT2D eigenvalue weighted by Gasteiger charge is 2.18. The van der Waals surface area contributed by atoms with Gasteiger partial charge in [-0.2, -0.15) is 0 Å². The molecule has 0 bridgehead atoms. The molecule has 2 heterocycles. The van der Waals surface area contributed by atoms with E-state index in [-0.39, 0.29) is 16.9 Å². The largest absolute Gasteiger partial charge is 0.437 e. The molecule has 0 aliphatic carbocycles. The highest BCUT2D eigenvalue weighted by atomic mass is 16.3. The number of pyridine rings is 1. The summed E-state index contributed by atoms with van der Waals surface area (Å²) >= 11 is 0. The summed E-state index contributed by atoms with van der Waals surface area (Å²) in [6.07, 6.45) is 0. The van der Waals surface area contributed by atoms with E-state index in [1.807, 2.05) is 44.2 Å². The second-order valence-electron chi connectivity index (χ2n) is 6.56. The van der Waals surface area contributed by atoms with Crippen molar-refractivity contribution in [1.82, 2.24) is 4.98 Å². The lowest BCUT2D eigenvalue weighted by atomic mass is 10.00. The molecule has 0 saturated carbocycles. The molecule has 0 fully saturated rings. The SMILES string of the molecule is Cc1cc(C)c2c(=O)c3cc(C(=O)c4ccccc4)c(C)nc3oc2c1. The van der Waals surface area contributed by atoms with Crippen molar-refractivity contribution in [3.8, 4) is 0 Å². The summed E-state index contributed by atoms with van der Waals surface area (Å²) in [7, 11) is 0. The van der Waals surface area contributed by atoms with Gasteiger partial charge in [-0.1, -0.05) is 36.4 Å².